The van der Waals surface area contributed by atoms with E-state index in [1.54, 1.807) is 0 Å². The molecule has 0 aromatic heterocycles. The van der Waals surface area contributed by atoms with Crippen LogP contribution in [0.1, 0.15) is 25.3 Å². The molecule has 166 valence electrons. The van der Waals surface area contributed by atoms with E-state index < -0.39 is 54.7 Å². The van der Waals surface area contributed by atoms with Gasteiger partial charge in [0.2, 0.25) is 5.91 Å². The summed E-state index contributed by atoms with van der Waals surface area (Å²) in [6.45, 7) is 0.658. The Morgan fingerprint density at radius 2 is 2.07 bits per heavy atom. The lowest BCUT2D eigenvalue weighted by Crippen LogP contribution is -2.61. The van der Waals surface area contributed by atoms with E-state index in [0.717, 1.165) is 18.2 Å². The topological polar surface area (TPSA) is 97.3 Å². The van der Waals surface area contributed by atoms with Crippen molar-refractivity contribution in [3.8, 4) is 5.75 Å². The molecule has 0 spiro atoms. The van der Waals surface area contributed by atoms with Crippen LogP contribution in [0, 0.1) is 11.6 Å². The first-order valence-electron chi connectivity index (χ1n) is 9.58. The molecule has 1 aliphatic carbocycles. The molecule has 0 unspecified atom stereocenters. The quantitative estimate of drug-likeness (QED) is 0.447. The molecule has 1 saturated carbocycles. The molecule has 0 radical (unpaired) electrons. The summed E-state index contributed by atoms with van der Waals surface area (Å²) in [5, 5.41) is 23.1. The molecule has 1 amide bonds. The number of halogens is 3. The van der Waals surface area contributed by atoms with E-state index in [1.165, 1.54) is 6.92 Å². The second kappa shape index (κ2) is 9.78. The number of ether oxygens (including phenoxy) is 3. The summed E-state index contributed by atoms with van der Waals surface area (Å²) in [5.41, 5.74) is -0.153. The number of hydrogen-bond donors (Lipinski definition) is 3. The monoisotopic (exact) mass is 431 g/mol. The minimum absolute atomic E-state index is 0.00294. The van der Waals surface area contributed by atoms with Gasteiger partial charge in [0.25, 0.3) is 0 Å². The summed E-state index contributed by atoms with van der Waals surface area (Å²) in [4.78, 5) is 12.5. The fourth-order valence-electron chi connectivity index (χ4n) is 3.49. The molecule has 1 heterocycles. The van der Waals surface area contributed by atoms with Gasteiger partial charge in [-0.05, 0) is 19.1 Å². The van der Waals surface area contributed by atoms with Gasteiger partial charge in [0.05, 0.1) is 31.5 Å². The highest BCUT2D eigenvalue weighted by Crippen LogP contribution is 2.30. The molecule has 1 aromatic carbocycles. The number of aliphatic hydroxyl groups excluding tert-OH is 2. The molecule has 3 N–H and O–H groups in total. The van der Waals surface area contributed by atoms with Gasteiger partial charge < -0.3 is 29.7 Å². The van der Waals surface area contributed by atoms with Crippen LogP contribution in [0.25, 0.3) is 6.08 Å². The number of amides is 1. The first kappa shape index (κ1) is 22.5. The van der Waals surface area contributed by atoms with E-state index in [-0.39, 0.29) is 43.1 Å². The van der Waals surface area contributed by atoms with Crippen LogP contribution in [0.4, 0.5) is 13.2 Å². The van der Waals surface area contributed by atoms with Crippen molar-refractivity contribution >= 4 is 12.0 Å². The van der Waals surface area contributed by atoms with Crippen LogP contribution in [-0.2, 0) is 14.3 Å². The number of fused-ring (bicyclic) bond motifs is 1. The van der Waals surface area contributed by atoms with Gasteiger partial charge in [-0.2, -0.15) is 0 Å². The molecule has 2 aliphatic rings. The Kier molecular flexibility index (Phi) is 7.35. The third-order valence-electron chi connectivity index (χ3n) is 5.12. The fourth-order valence-corrected chi connectivity index (χ4v) is 3.49. The standard InChI is InChI=1S/C20H24F3NO6/c1-10(5-11-6-13(23)15(7-12(11)22)28-4-2-3-21)20(27)24-17-14(25)8-16-19(18(17)26)30-9-29-16/h5-7,14,16-19,25-26H,2-4,8-9H2,1H3,(H,24,27)/b10-5+/t14-,16-,17-,18-,19-/m1/s1. The Balaban J connectivity index is 1.69. The first-order valence-corrected chi connectivity index (χ1v) is 9.58. The van der Waals surface area contributed by atoms with Crippen molar-refractivity contribution in [2.75, 3.05) is 20.1 Å². The van der Waals surface area contributed by atoms with E-state index in [9.17, 15) is 28.2 Å². The van der Waals surface area contributed by atoms with Crippen molar-refractivity contribution in [3.63, 3.8) is 0 Å². The lowest BCUT2D eigenvalue weighted by molar-refractivity contribution is -0.126. The predicted molar refractivity (Wildman–Crippen MR) is 99.3 cm³/mol. The minimum Gasteiger partial charge on any atom is -0.490 e. The summed E-state index contributed by atoms with van der Waals surface area (Å²) < 4.78 is 56.0. The number of carbonyl (C=O) groups is 1. The van der Waals surface area contributed by atoms with Crippen LogP contribution < -0.4 is 10.1 Å². The normalized spacial score (nSPS) is 28.9. The van der Waals surface area contributed by atoms with Gasteiger partial charge in [-0.1, -0.05) is 0 Å². The smallest absolute Gasteiger partial charge is 0.247 e. The van der Waals surface area contributed by atoms with Gasteiger partial charge in [0, 0.05) is 30.0 Å². The highest BCUT2D eigenvalue weighted by molar-refractivity contribution is 5.97. The molecule has 1 aromatic rings. The Labute approximate surface area is 171 Å². The Morgan fingerprint density at radius 3 is 2.80 bits per heavy atom. The van der Waals surface area contributed by atoms with E-state index in [0.29, 0.717) is 0 Å². The van der Waals surface area contributed by atoms with E-state index >= 15 is 0 Å². The predicted octanol–water partition coefficient (Wildman–Crippen LogP) is 1.46. The third kappa shape index (κ3) is 4.94. The summed E-state index contributed by atoms with van der Waals surface area (Å²) >= 11 is 0. The highest BCUT2D eigenvalue weighted by atomic mass is 19.1. The number of hydrogen-bond acceptors (Lipinski definition) is 6. The van der Waals surface area contributed by atoms with E-state index in [4.69, 9.17) is 14.2 Å². The summed E-state index contributed by atoms with van der Waals surface area (Å²) in [6, 6.07) is 0.698. The lowest BCUT2D eigenvalue weighted by Gasteiger charge is -2.38. The molecular formula is C20H24F3NO6. The zero-order chi connectivity index (χ0) is 21.8. The molecule has 2 fully saturated rings. The first-order chi connectivity index (χ1) is 14.3. The van der Waals surface area contributed by atoms with Crippen LogP contribution in [0.2, 0.25) is 0 Å². The molecule has 1 aliphatic heterocycles. The van der Waals surface area contributed by atoms with Crippen LogP contribution in [-0.4, -0.2) is 66.7 Å². The van der Waals surface area contributed by atoms with Crippen molar-refractivity contribution in [2.24, 2.45) is 0 Å². The number of rotatable bonds is 7. The molecule has 0 bridgehead atoms. The number of benzene rings is 1. The summed E-state index contributed by atoms with van der Waals surface area (Å²) in [7, 11) is 0. The highest BCUT2D eigenvalue weighted by Gasteiger charge is 2.48. The molecule has 5 atom stereocenters. The third-order valence-corrected chi connectivity index (χ3v) is 5.12. The molecule has 3 rings (SSSR count). The molecule has 1 saturated heterocycles. The van der Waals surface area contributed by atoms with Gasteiger partial charge in [0.15, 0.2) is 11.6 Å². The number of aliphatic hydroxyl groups is 2. The fraction of sp³-hybridized carbons (Fsp3) is 0.550. The average molecular weight is 431 g/mol. The number of alkyl halides is 1. The van der Waals surface area contributed by atoms with Gasteiger partial charge in [-0.15, -0.1) is 0 Å². The van der Waals surface area contributed by atoms with Crippen LogP contribution in [0.3, 0.4) is 0 Å². The maximum atomic E-state index is 14.3. The Bertz CT molecular complexity index is 805. The van der Waals surface area contributed by atoms with Crippen molar-refractivity contribution in [3.05, 3.63) is 34.9 Å². The van der Waals surface area contributed by atoms with Crippen molar-refractivity contribution in [1.29, 1.82) is 0 Å². The van der Waals surface area contributed by atoms with Crippen molar-refractivity contribution < 1.29 is 42.4 Å². The van der Waals surface area contributed by atoms with Gasteiger partial charge >= 0.3 is 0 Å². The molecule has 10 heteroatoms. The largest absolute Gasteiger partial charge is 0.490 e. The summed E-state index contributed by atoms with van der Waals surface area (Å²) in [6.07, 6.45) is -2.00. The van der Waals surface area contributed by atoms with Gasteiger partial charge in [0.1, 0.15) is 24.8 Å². The van der Waals surface area contributed by atoms with Crippen LogP contribution in [0.15, 0.2) is 17.7 Å². The number of carbonyl (C=O) groups excluding carboxylic acids is 1. The molecule has 7 nitrogen and oxygen atoms in total. The molecular weight excluding hydrogens is 407 g/mol. The lowest BCUT2D eigenvalue weighted by atomic mass is 9.85. The molecule has 30 heavy (non-hydrogen) atoms. The average Bonchev–Trinajstić information content (AvgIpc) is 3.17. The zero-order valence-corrected chi connectivity index (χ0v) is 16.3. The van der Waals surface area contributed by atoms with E-state index in [1.807, 2.05) is 0 Å². The van der Waals surface area contributed by atoms with Gasteiger partial charge in [-0.3, -0.25) is 9.18 Å². The SMILES string of the molecule is C/C(=C\c1cc(F)c(OCCCF)cc1F)C(=O)N[C@H]1[C@@H](O)[C@@H]2OCO[C@@H]2C[C@H]1O. The van der Waals surface area contributed by atoms with Crippen molar-refractivity contribution in [1.82, 2.24) is 5.32 Å². The zero-order valence-electron chi connectivity index (χ0n) is 16.3. The Morgan fingerprint density at radius 1 is 1.30 bits per heavy atom. The Hall–Kier alpha value is -2.14. The van der Waals surface area contributed by atoms with Crippen LogP contribution in [0.5, 0.6) is 5.75 Å². The maximum Gasteiger partial charge on any atom is 0.247 e. The van der Waals surface area contributed by atoms with Gasteiger partial charge in [-0.25, -0.2) is 8.78 Å². The van der Waals surface area contributed by atoms with Crippen LogP contribution >= 0.6 is 0 Å². The maximum absolute atomic E-state index is 14.3. The minimum atomic E-state index is -1.19. The van der Waals surface area contributed by atoms with E-state index in [2.05, 4.69) is 5.32 Å². The second-order valence-electron chi connectivity index (χ2n) is 7.27. The number of nitrogens with one attached hydrogen (secondary N) is 1. The van der Waals surface area contributed by atoms with Crippen molar-refractivity contribution in [2.45, 2.75) is 50.2 Å². The summed E-state index contributed by atoms with van der Waals surface area (Å²) in [5.74, 6) is -2.69. The second-order valence-corrected chi connectivity index (χ2v) is 7.27.